The second kappa shape index (κ2) is 5.36. The number of morpholine rings is 1. The van der Waals surface area contributed by atoms with Crippen LogP contribution in [-0.4, -0.2) is 54.1 Å². The Hall–Kier alpha value is -0.940. The first-order valence-corrected chi connectivity index (χ1v) is 7.92. The second-order valence-electron chi connectivity index (χ2n) is 6.75. The van der Waals surface area contributed by atoms with Gasteiger partial charge in [0.05, 0.1) is 32.0 Å². The van der Waals surface area contributed by atoms with Crippen molar-refractivity contribution in [3.8, 4) is 0 Å². The summed E-state index contributed by atoms with van der Waals surface area (Å²) in [6, 6.07) is 11.2. The molecule has 0 spiro atoms. The van der Waals surface area contributed by atoms with Crippen LogP contribution < -0.4 is 0 Å². The number of rotatable bonds is 3. The minimum absolute atomic E-state index is 0.319. The Kier molecular flexibility index (Phi) is 3.50. The summed E-state index contributed by atoms with van der Waals surface area (Å²) >= 11 is 0. The Bertz CT molecular complexity index is 474. The van der Waals surface area contributed by atoms with Crippen molar-refractivity contribution in [2.45, 2.75) is 37.1 Å². The van der Waals surface area contributed by atoms with Crippen LogP contribution in [0.25, 0.3) is 0 Å². The molecule has 114 valence electrons. The van der Waals surface area contributed by atoms with Gasteiger partial charge in [-0.3, -0.25) is 4.90 Å². The lowest BCUT2D eigenvalue weighted by molar-refractivity contribution is -0.208. The van der Waals surface area contributed by atoms with Crippen LogP contribution in [-0.2, 0) is 16.0 Å². The van der Waals surface area contributed by atoms with Gasteiger partial charge in [0, 0.05) is 24.5 Å². The van der Waals surface area contributed by atoms with Gasteiger partial charge in [0.1, 0.15) is 0 Å². The molecule has 3 fully saturated rings. The van der Waals surface area contributed by atoms with Crippen LogP contribution in [0.1, 0.15) is 18.4 Å². The van der Waals surface area contributed by atoms with Crippen LogP contribution in [0.5, 0.6) is 0 Å². The zero-order valence-electron chi connectivity index (χ0n) is 12.3. The molecule has 0 saturated carbocycles. The van der Waals surface area contributed by atoms with E-state index in [1.165, 1.54) is 5.56 Å². The smallest absolute Gasteiger partial charge is 0.0751 e. The van der Waals surface area contributed by atoms with E-state index in [0.717, 1.165) is 45.8 Å². The minimum Gasteiger partial charge on any atom is -0.389 e. The van der Waals surface area contributed by atoms with Gasteiger partial charge in [-0.15, -0.1) is 0 Å². The van der Waals surface area contributed by atoms with Crippen molar-refractivity contribution in [3.63, 3.8) is 0 Å². The average molecular weight is 289 g/mol. The summed E-state index contributed by atoms with van der Waals surface area (Å²) in [5, 5.41) is 11.0. The van der Waals surface area contributed by atoms with Crippen LogP contribution in [0, 0.1) is 5.92 Å². The lowest BCUT2D eigenvalue weighted by atomic mass is 9.72. The molecule has 2 bridgehead atoms. The van der Waals surface area contributed by atoms with Crippen molar-refractivity contribution in [2.75, 3.05) is 26.4 Å². The van der Waals surface area contributed by atoms with E-state index >= 15 is 0 Å². The maximum absolute atomic E-state index is 11.0. The lowest BCUT2D eigenvalue weighted by Gasteiger charge is -2.55. The summed E-state index contributed by atoms with van der Waals surface area (Å²) in [4.78, 5) is 2.53. The Morgan fingerprint density at radius 2 is 1.62 bits per heavy atom. The molecule has 2 atom stereocenters. The molecule has 2 unspecified atom stereocenters. The van der Waals surface area contributed by atoms with Crippen molar-refractivity contribution in [1.29, 1.82) is 0 Å². The number of nitrogens with zero attached hydrogens (tertiary/aromatic N) is 1. The Labute approximate surface area is 125 Å². The molecule has 1 aromatic rings. The van der Waals surface area contributed by atoms with E-state index in [1.54, 1.807) is 0 Å². The van der Waals surface area contributed by atoms with E-state index in [0.29, 0.717) is 18.0 Å². The Balaban J connectivity index is 1.51. The normalized spacial score (nSPS) is 37.2. The van der Waals surface area contributed by atoms with E-state index in [-0.39, 0.29) is 0 Å². The summed E-state index contributed by atoms with van der Waals surface area (Å²) in [7, 11) is 0. The monoisotopic (exact) mass is 289 g/mol. The fraction of sp³-hybridized carbons (Fsp3) is 0.647. The van der Waals surface area contributed by atoms with Crippen molar-refractivity contribution in [3.05, 3.63) is 35.9 Å². The standard InChI is InChI=1S/C17H23NO3/c19-17(14-9-20-10-14)6-15-11-21-12-16(7-17)18(15)8-13-4-2-1-3-5-13/h1-5,14-16,19H,6-12H2. The maximum Gasteiger partial charge on any atom is 0.0751 e. The van der Waals surface area contributed by atoms with E-state index in [2.05, 4.69) is 35.2 Å². The minimum atomic E-state index is -0.551. The molecule has 1 N–H and O–H groups in total. The Morgan fingerprint density at radius 1 is 1.00 bits per heavy atom. The Morgan fingerprint density at radius 3 is 2.19 bits per heavy atom. The van der Waals surface area contributed by atoms with Crippen LogP contribution in [0.15, 0.2) is 30.3 Å². The average Bonchev–Trinajstić information content (AvgIpc) is 2.39. The molecule has 0 radical (unpaired) electrons. The first-order valence-electron chi connectivity index (χ1n) is 7.92. The molecule has 3 aliphatic rings. The number of hydrogen-bond acceptors (Lipinski definition) is 4. The van der Waals surface area contributed by atoms with Gasteiger partial charge in [0.15, 0.2) is 0 Å². The van der Waals surface area contributed by atoms with Crippen molar-refractivity contribution >= 4 is 0 Å². The summed E-state index contributed by atoms with van der Waals surface area (Å²) in [6.45, 7) is 3.86. The lowest BCUT2D eigenvalue weighted by Crippen LogP contribution is -2.65. The van der Waals surface area contributed by atoms with Gasteiger partial charge in [0.2, 0.25) is 0 Å². The molecule has 1 aromatic carbocycles. The zero-order valence-corrected chi connectivity index (χ0v) is 12.3. The van der Waals surface area contributed by atoms with Gasteiger partial charge in [-0.1, -0.05) is 30.3 Å². The number of ether oxygens (including phenoxy) is 2. The topological polar surface area (TPSA) is 41.9 Å². The molecular formula is C17H23NO3. The van der Waals surface area contributed by atoms with Crippen LogP contribution in [0.2, 0.25) is 0 Å². The van der Waals surface area contributed by atoms with Crippen molar-refractivity contribution in [1.82, 2.24) is 4.90 Å². The fourth-order valence-corrected chi connectivity index (χ4v) is 4.01. The van der Waals surface area contributed by atoms with E-state index in [4.69, 9.17) is 9.47 Å². The molecular weight excluding hydrogens is 266 g/mol. The number of piperidine rings is 1. The largest absolute Gasteiger partial charge is 0.389 e. The number of hydrogen-bond donors (Lipinski definition) is 1. The number of aliphatic hydroxyl groups is 1. The maximum atomic E-state index is 11.0. The predicted octanol–water partition coefficient (Wildman–Crippen LogP) is 1.43. The third-order valence-electron chi connectivity index (χ3n) is 5.34. The highest BCUT2D eigenvalue weighted by atomic mass is 16.5. The molecule has 0 aliphatic carbocycles. The summed E-state index contributed by atoms with van der Waals surface area (Å²) in [5.41, 5.74) is 0.789. The van der Waals surface area contributed by atoms with E-state index in [9.17, 15) is 5.11 Å². The van der Waals surface area contributed by atoms with Crippen LogP contribution >= 0.6 is 0 Å². The van der Waals surface area contributed by atoms with Gasteiger partial charge in [-0.25, -0.2) is 0 Å². The van der Waals surface area contributed by atoms with E-state index < -0.39 is 5.60 Å². The van der Waals surface area contributed by atoms with Gasteiger partial charge in [0.25, 0.3) is 0 Å². The van der Waals surface area contributed by atoms with E-state index in [1.807, 2.05) is 0 Å². The molecule has 21 heavy (non-hydrogen) atoms. The van der Waals surface area contributed by atoms with Gasteiger partial charge in [-0.2, -0.15) is 0 Å². The fourth-order valence-electron chi connectivity index (χ4n) is 4.01. The van der Waals surface area contributed by atoms with Crippen molar-refractivity contribution in [2.24, 2.45) is 5.92 Å². The summed E-state index contributed by atoms with van der Waals surface area (Å²) in [6.07, 6.45) is 1.62. The second-order valence-corrected chi connectivity index (χ2v) is 6.75. The molecule has 0 aromatic heterocycles. The molecule has 4 nitrogen and oxygen atoms in total. The third kappa shape index (κ3) is 2.50. The molecule has 4 rings (SSSR count). The highest BCUT2D eigenvalue weighted by Crippen LogP contribution is 2.41. The zero-order chi connectivity index (χ0) is 14.3. The van der Waals surface area contributed by atoms with Crippen molar-refractivity contribution < 1.29 is 14.6 Å². The predicted molar refractivity (Wildman–Crippen MR) is 78.9 cm³/mol. The van der Waals surface area contributed by atoms with Gasteiger partial charge >= 0.3 is 0 Å². The first kappa shape index (κ1) is 13.7. The van der Waals surface area contributed by atoms with Gasteiger partial charge < -0.3 is 14.6 Å². The van der Waals surface area contributed by atoms with Gasteiger partial charge in [-0.05, 0) is 18.4 Å². The first-order chi connectivity index (χ1) is 10.2. The highest BCUT2D eigenvalue weighted by Gasteiger charge is 2.51. The SMILES string of the molecule is OC1(C2COC2)CC2COCC(C1)N2Cc1ccccc1. The molecule has 3 heterocycles. The van der Waals surface area contributed by atoms with Crippen LogP contribution in [0.3, 0.4) is 0 Å². The molecule has 4 heteroatoms. The third-order valence-corrected chi connectivity index (χ3v) is 5.34. The number of fused-ring (bicyclic) bond motifs is 2. The molecule has 3 aliphatic heterocycles. The number of benzene rings is 1. The van der Waals surface area contributed by atoms with Crippen LogP contribution in [0.4, 0.5) is 0 Å². The molecule has 0 amide bonds. The quantitative estimate of drug-likeness (QED) is 0.914. The summed E-state index contributed by atoms with van der Waals surface area (Å²) in [5.74, 6) is 0.319. The highest BCUT2D eigenvalue weighted by molar-refractivity contribution is 5.16. The summed E-state index contributed by atoms with van der Waals surface area (Å²) < 4.78 is 11.0. The molecule has 3 saturated heterocycles.